The van der Waals surface area contributed by atoms with Crippen molar-refractivity contribution in [1.29, 1.82) is 0 Å². The van der Waals surface area contributed by atoms with Gasteiger partial charge in [0.25, 0.3) is 5.91 Å². The zero-order valence-corrected chi connectivity index (χ0v) is 13.7. The number of carbonyl (C=O) groups excluding carboxylic acids is 2. The number of rotatable bonds is 5. The molecule has 1 aromatic carbocycles. The molecule has 2 amide bonds. The van der Waals surface area contributed by atoms with Gasteiger partial charge in [-0.1, -0.05) is 12.1 Å². The molecule has 6 nitrogen and oxygen atoms in total. The summed E-state index contributed by atoms with van der Waals surface area (Å²) in [6.07, 6.45) is 5.63. The summed E-state index contributed by atoms with van der Waals surface area (Å²) in [6.45, 7) is 1.21. The SMILES string of the molecule is O=C(/C=C/N1CCN(Cc2ccc(F)cc2)C(=O)/C1=C\O)NC1CC1. The molecule has 132 valence electrons. The summed E-state index contributed by atoms with van der Waals surface area (Å²) in [5.41, 5.74) is 0.906. The first-order valence-corrected chi connectivity index (χ1v) is 8.20. The first-order chi connectivity index (χ1) is 12.1. The molecule has 0 atom stereocenters. The van der Waals surface area contributed by atoms with Gasteiger partial charge in [-0.25, -0.2) is 4.39 Å². The predicted molar refractivity (Wildman–Crippen MR) is 89.5 cm³/mol. The highest BCUT2D eigenvalue weighted by Gasteiger charge is 2.28. The molecular weight excluding hydrogens is 325 g/mol. The zero-order chi connectivity index (χ0) is 17.8. The molecule has 1 aliphatic heterocycles. The zero-order valence-electron chi connectivity index (χ0n) is 13.7. The summed E-state index contributed by atoms with van der Waals surface area (Å²) in [6, 6.07) is 6.21. The average molecular weight is 345 g/mol. The molecule has 0 spiro atoms. The molecule has 3 rings (SSSR count). The lowest BCUT2D eigenvalue weighted by Crippen LogP contribution is -2.46. The van der Waals surface area contributed by atoms with Crippen molar-refractivity contribution in [2.45, 2.75) is 25.4 Å². The number of carbonyl (C=O) groups is 2. The maximum atomic E-state index is 13.0. The molecule has 2 N–H and O–H groups in total. The Kier molecular flexibility index (Phi) is 5.02. The summed E-state index contributed by atoms with van der Waals surface area (Å²) in [5.74, 6) is -0.878. The Morgan fingerprint density at radius 3 is 2.64 bits per heavy atom. The Labute approximate surface area is 145 Å². The van der Waals surface area contributed by atoms with Gasteiger partial charge in [-0.3, -0.25) is 9.59 Å². The fourth-order valence-corrected chi connectivity index (χ4v) is 2.62. The third-order valence-electron chi connectivity index (χ3n) is 4.17. The second-order valence-corrected chi connectivity index (χ2v) is 6.16. The standard InChI is InChI=1S/C18H20FN3O3/c19-14-3-1-13(2-4-14)11-22-10-9-21(16(12-23)18(22)25)8-7-17(24)20-15-5-6-15/h1-4,7-8,12,15,23H,5-6,9-11H2,(H,20,24)/b8-7+,16-12+. The first-order valence-electron chi connectivity index (χ1n) is 8.20. The Morgan fingerprint density at radius 1 is 1.28 bits per heavy atom. The van der Waals surface area contributed by atoms with Crippen molar-refractivity contribution in [3.63, 3.8) is 0 Å². The number of hydrogen-bond donors (Lipinski definition) is 2. The van der Waals surface area contributed by atoms with Gasteiger partial charge in [0.05, 0.1) is 0 Å². The lowest BCUT2D eigenvalue weighted by Gasteiger charge is -2.35. The van der Waals surface area contributed by atoms with Gasteiger partial charge in [0.1, 0.15) is 17.8 Å². The fourth-order valence-electron chi connectivity index (χ4n) is 2.62. The van der Waals surface area contributed by atoms with Crippen LogP contribution >= 0.6 is 0 Å². The molecule has 1 saturated carbocycles. The molecule has 1 aromatic rings. The molecule has 0 unspecified atom stereocenters. The summed E-state index contributed by atoms with van der Waals surface area (Å²) < 4.78 is 13.0. The van der Waals surface area contributed by atoms with Gasteiger partial charge in [-0.15, -0.1) is 0 Å². The topological polar surface area (TPSA) is 72.9 Å². The summed E-state index contributed by atoms with van der Waals surface area (Å²) >= 11 is 0. The highest BCUT2D eigenvalue weighted by atomic mass is 19.1. The average Bonchev–Trinajstić information content (AvgIpc) is 3.41. The van der Waals surface area contributed by atoms with Crippen molar-refractivity contribution in [2.75, 3.05) is 13.1 Å². The van der Waals surface area contributed by atoms with Gasteiger partial charge in [0.2, 0.25) is 5.91 Å². The molecule has 1 aliphatic carbocycles. The van der Waals surface area contributed by atoms with Crippen LogP contribution in [0, 0.1) is 5.82 Å². The molecule has 0 radical (unpaired) electrons. The maximum Gasteiger partial charge on any atom is 0.274 e. The van der Waals surface area contributed by atoms with Gasteiger partial charge in [0, 0.05) is 38.0 Å². The van der Waals surface area contributed by atoms with E-state index in [2.05, 4.69) is 5.32 Å². The monoisotopic (exact) mass is 345 g/mol. The van der Waals surface area contributed by atoms with E-state index in [0.29, 0.717) is 19.6 Å². The predicted octanol–water partition coefficient (Wildman–Crippen LogP) is 1.66. The smallest absolute Gasteiger partial charge is 0.274 e. The van der Waals surface area contributed by atoms with E-state index in [1.54, 1.807) is 21.9 Å². The third-order valence-corrected chi connectivity index (χ3v) is 4.17. The molecule has 7 heteroatoms. The number of amides is 2. The van der Waals surface area contributed by atoms with Gasteiger partial charge in [-0.2, -0.15) is 0 Å². The third kappa shape index (κ3) is 4.37. The van der Waals surface area contributed by atoms with Crippen LogP contribution in [-0.4, -0.2) is 45.9 Å². The summed E-state index contributed by atoms with van der Waals surface area (Å²) in [4.78, 5) is 27.4. The number of benzene rings is 1. The molecule has 0 bridgehead atoms. The summed E-state index contributed by atoms with van der Waals surface area (Å²) in [5, 5.41) is 12.3. The van der Waals surface area contributed by atoms with Crippen molar-refractivity contribution >= 4 is 11.8 Å². The highest BCUT2D eigenvalue weighted by Crippen LogP contribution is 2.19. The lowest BCUT2D eigenvalue weighted by atomic mass is 10.1. The normalized spacial score (nSPS) is 19.7. The number of nitrogens with one attached hydrogen (secondary N) is 1. The van der Waals surface area contributed by atoms with Crippen molar-refractivity contribution in [3.8, 4) is 0 Å². The van der Waals surface area contributed by atoms with Crippen LogP contribution in [-0.2, 0) is 16.1 Å². The number of hydrogen-bond acceptors (Lipinski definition) is 4. The quantitative estimate of drug-likeness (QED) is 0.629. The second kappa shape index (κ2) is 7.38. The van der Waals surface area contributed by atoms with Crippen LogP contribution in [0.2, 0.25) is 0 Å². The highest BCUT2D eigenvalue weighted by molar-refractivity contribution is 5.94. The summed E-state index contributed by atoms with van der Waals surface area (Å²) in [7, 11) is 0. The molecule has 1 saturated heterocycles. The number of aliphatic hydroxyl groups excluding tert-OH is 1. The van der Waals surface area contributed by atoms with Gasteiger partial charge < -0.3 is 20.2 Å². The molecular formula is C18H20FN3O3. The second-order valence-electron chi connectivity index (χ2n) is 6.16. The fraction of sp³-hybridized carbons (Fsp3) is 0.333. The van der Waals surface area contributed by atoms with E-state index in [9.17, 15) is 19.1 Å². The van der Waals surface area contributed by atoms with Crippen molar-refractivity contribution in [2.24, 2.45) is 0 Å². The van der Waals surface area contributed by atoms with Crippen LogP contribution in [0.25, 0.3) is 0 Å². The Morgan fingerprint density at radius 2 is 2.00 bits per heavy atom. The van der Waals surface area contributed by atoms with Crippen molar-refractivity contribution in [1.82, 2.24) is 15.1 Å². The largest absolute Gasteiger partial charge is 0.513 e. The first kappa shape index (κ1) is 17.0. The van der Waals surface area contributed by atoms with E-state index in [4.69, 9.17) is 0 Å². The minimum atomic E-state index is -0.342. The number of piperazine rings is 1. The molecule has 25 heavy (non-hydrogen) atoms. The molecule has 2 aliphatic rings. The van der Waals surface area contributed by atoms with Crippen molar-refractivity contribution in [3.05, 3.63) is 59.9 Å². The van der Waals surface area contributed by atoms with E-state index in [1.165, 1.54) is 24.4 Å². The van der Waals surface area contributed by atoms with Crippen LogP contribution in [0.1, 0.15) is 18.4 Å². The van der Waals surface area contributed by atoms with E-state index >= 15 is 0 Å². The molecule has 2 fully saturated rings. The van der Waals surface area contributed by atoms with Crippen LogP contribution in [0.5, 0.6) is 0 Å². The van der Waals surface area contributed by atoms with E-state index in [-0.39, 0.29) is 29.4 Å². The van der Waals surface area contributed by atoms with Crippen LogP contribution < -0.4 is 5.32 Å². The van der Waals surface area contributed by atoms with Crippen LogP contribution in [0.4, 0.5) is 4.39 Å². The molecule has 0 aromatic heterocycles. The Hall–Kier alpha value is -2.83. The van der Waals surface area contributed by atoms with Crippen LogP contribution in [0.15, 0.2) is 48.5 Å². The minimum absolute atomic E-state index is 0.101. The van der Waals surface area contributed by atoms with E-state index in [0.717, 1.165) is 24.7 Å². The minimum Gasteiger partial charge on any atom is -0.513 e. The lowest BCUT2D eigenvalue weighted by molar-refractivity contribution is -0.131. The van der Waals surface area contributed by atoms with E-state index in [1.807, 2.05) is 0 Å². The Balaban J connectivity index is 1.62. The van der Waals surface area contributed by atoms with Gasteiger partial charge >= 0.3 is 0 Å². The number of nitrogens with zero attached hydrogens (tertiary/aromatic N) is 2. The molecule has 1 heterocycles. The van der Waals surface area contributed by atoms with Crippen LogP contribution in [0.3, 0.4) is 0 Å². The van der Waals surface area contributed by atoms with Gasteiger partial charge in [0.15, 0.2) is 0 Å². The number of halogens is 1. The Bertz CT molecular complexity index is 711. The van der Waals surface area contributed by atoms with Gasteiger partial charge in [-0.05, 0) is 30.5 Å². The van der Waals surface area contributed by atoms with E-state index < -0.39 is 0 Å². The maximum absolute atomic E-state index is 13.0. The van der Waals surface area contributed by atoms with Crippen molar-refractivity contribution < 1.29 is 19.1 Å². The number of aliphatic hydroxyl groups is 1.